The van der Waals surface area contributed by atoms with Gasteiger partial charge in [0.05, 0.1) is 24.8 Å². The number of aliphatic hydroxyl groups excluding tert-OH is 1. The van der Waals surface area contributed by atoms with Gasteiger partial charge in [-0.2, -0.15) is 5.10 Å². The van der Waals surface area contributed by atoms with Gasteiger partial charge in [-0.15, -0.1) is 0 Å². The summed E-state index contributed by atoms with van der Waals surface area (Å²) < 4.78 is 9.26. The third-order valence-corrected chi connectivity index (χ3v) is 5.47. The van der Waals surface area contributed by atoms with E-state index in [9.17, 15) is 5.11 Å². The molecule has 2 aromatic heterocycles. The number of ether oxygens (including phenoxy) is 1. The minimum Gasteiger partial charge on any atom is -0.495 e. The van der Waals surface area contributed by atoms with Crippen LogP contribution in [0, 0.1) is 6.92 Å². The molecule has 1 N–H and O–H groups in total. The number of rotatable bonds is 4. The van der Waals surface area contributed by atoms with E-state index >= 15 is 0 Å². The van der Waals surface area contributed by atoms with Gasteiger partial charge in [0.15, 0.2) is 11.6 Å². The zero-order chi connectivity index (χ0) is 23.2. The summed E-state index contributed by atoms with van der Waals surface area (Å²) in [6, 6.07) is 15.4. The second-order valence-electron chi connectivity index (χ2n) is 7.69. The maximum Gasteiger partial charge on any atom is 0.174 e. The summed E-state index contributed by atoms with van der Waals surface area (Å²) in [6.07, 6.45) is 8.68. The van der Waals surface area contributed by atoms with Gasteiger partial charge in [0, 0.05) is 17.8 Å². The molecule has 0 radical (unpaired) electrons. The molecule has 2 aromatic carbocycles. The van der Waals surface area contributed by atoms with Crippen molar-refractivity contribution in [1.82, 2.24) is 24.3 Å². The number of aliphatic hydroxyl groups is 1. The molecule has 4 aromatic rings. The van der Waals surface area contributed by atoms with Crippen molar-refractivity contribution in [3.8, 4) is 11.4 Å². The normalized spacial score (nSPS) is 15.1. The first-order valence-electron chi connectivity index (χ1n) is 10.7. The SMILES string of the molecule is COc1cc(/C=C/c2nc3n(n2)CCCC3O)ccc1-n1cnc(C)c1.Clc1ccccc1. The van der Waals surface area contributed by atoms with Gasteiger partial charge >= 0.3 is 0 Å². The Hall–Kier alpha value is -3.42. The van der Waals surface area contributed by atoms with Gasteiger partial charge in [-0.3, -0.25) is 0 Å². The molecule has 0 amide bonds. The minimum atomic E-state index is -0.517. The van der Waals surface area contributed by atoms with E-state index in [0.29, 0.717) is 11.6 Å². The van der Waals surface area contributed by atoms with Crippen LogP contribution in [-0.2, 0) is 6.54 Å². The fraction of sp³-hybridized carbons (Fsp3) is 0.240. The molecule has 1 unspecified atom stereocenters. The number of aromatic nitrogens is 5. The van der Waals surface area contributed by atoms with Gasteiger partial charge in [-0.05, 0) is 55.7 Å². The molecular formula is C25H26ClN5O2. The number of halogens is 1. The largest absolute Gasteiger partial charge is 0.495 e. The summed E-state index contributed by atoms with van der Waals surface area (Å²) in [5, 5.41) is 15.2. The maximum absolute atomic E-state index is 10.00. The lowest BCUT2D eigenvalue weighted by molar-refractivity contribution is 0.130. The van der Waals surface area contributed by atoms with Crippen LogP contribution < -0.4 is 4.74 Å². The Morgan fingerprint density at radius 1 is 1.15 bits per heavy atom. The van der Waals surface area contributed by atoms with E-state index in [4.69, 9.17) is 16.3 Å². The molecule has 0 bridgehead atoms. The van der Waals surface area contributed by atoms with E-state index in [0.717, 1.165) is 47.1 Å². The van der Waals surface area contributed by atoms with Crippen LogP contribution in [0.2, 0.25) is 5.02 Å². The van der Waals surface area contributed by atoms with Crippen molar-refractivity contribution < 1.29 is 9.84 Å². The van der Waals surface area contributed by atoms with Gasteiger partial charge in [0.1, 0.15) is 11.9 Å². The maximum atomic E-state index is 10.00. The predicted octanol–water partition coefficient (Wildman–Crippen LogP) is 5.12. The van der Waals surface area contributed by atoms with E-state index in [2.05, 4.69) is 15.1 Å². The quantitative estimate of drug-likeness (QED) is 0.454. The number of benzene rings is 2. The highest BCUT2D eigenvalue weighted by Crippen LogP contribution is 2.26. The van der Waals surface area contributed by atoms with Crippen molar-refractivity contribution in [2.75, 3.05) is 7.11 Å². The Labute approximate surface area is 198 Å². The van der Waals surface area contributed by atoms with Crippen LogP contribution in [0.3, 0.4) is 0 Å². The van der Waals surface area contributed by atoms with Crippen LogP contribution in [0.15, 0.2) is 61.1 Å². The van der Waals surface area contributed by atoms with E-state index in [1.165, 1.54) is 0 Å². The van der Waals surface area contributed by atoms with Gasteiger partial charge in [0.2, 0.25) is 0 Å². The van der Waals surface area contributed by atoms with Crippen molar-refractivity contribution >= 4 is 23.8 Å². The highest BCUT2D eigenvalue weighted by molar-refractivity contribution is 6.30. The number of methoxy groups -OCH3 is 1. The summed E-state index contributed by atoms with van der Waals surface area (Å²) in [7, 11) is 1.66. The molecule has 8 heteroatoms. The Balaban J connectivity index is 0.000000318. The summed E-state index contributed by atoms with van der Waals surface area (Å²) in [5.74, 6) is 2.02. The van der Waals surface area contributed by atoms with E-state index in [-0.39, 0.29) is 0 Å². The minimum absolute atomic E-state index is 0.517. The highest BCUT2D eigenvalue weighted by Gasteiger charge is 2.21. The summed E-state index contributed by atoms with van der Waals surface area (Å²) in [5.41, 5.74) is 2.87. The standard InChI is InChI=1S/C19H21N5O2.C6H5Cl/c1-13-11-23(12-20-13)15-7-5-14(10-17(15)26-2)6-8-18-21-19-16(25)4-3-9-24(19)22-18;7-6-4-2-1-3-5-6/h5-8,10-12,16,25H,3-4,9H2,1-2H3;1-5H/b8-6+;. The predicted molar refractivity (Wildman–Crippen MR) is 129 cm³/mol. The smallest absolute Gasteiger partial charge is 0.174 e. The molecule has 33 heavy (non-hydrogen) atoms. The number of nitrogens with zero attached hydrogens (tertiary/aromatic N) is 5. The van der Waals surface area contributed by atoms with Crippen LogP contribution >= 0.6 is 11.6 Å². The van der Waals surface area contributed by atoms with Crippen LogP contribution in [0.5, 0.6) is 5.75 Å². The summed E-state index contributed by atoms with van der Waals surface area (Å²) in [4.78, 5) is 8.69. The molecular weight excluding hydrogens is 438 g/mol. The molecule has 7 nitrogen and oxygen atoms in total. The van der Waals surface area contributed by atoms with Crippen molar-refractivity contribution in [2.24, 2.45) is 0 Å². The second-order valence-corrected chi connectivity index (χ2v) is 8.13. The lowest BCUT2D eigenvalue weighted by Gasteiger charge is -2.16. The third-order valence-electron chi connectivity index (χ3n) is 5.21. The molecule has 1 aliphatic heterocycles. The molecule has 1 aliphatic rings. The molecule has 0 saturated heterocycles. The second kappa shape index (κ2) is 10.5. The van der Waals surface area contributed by atoms with Crippen LogP contribution in [0.4, 0.5) is 0 Å². The van der Waals surface area contributed by atoms with Crippen molar-refractivity contribution in [3.05, 3.63) is 89.0 Å². The van der Waals surface area contributed by atoms with Gasteiger partial charge in [-0.1, -0.05) is 41.9 Å². The first-order chi connectivity index (χ1) is 16.0. The number of aryl methyl sites for hydroxylation is 2. The lowest BCUT2D eigenvalue weighted by Crippen LogP contribution is -2.16. The van der Waals surface area contributed by atoms with E-state index in [1.54, 1.807) is 18.1 Å². The molecule has 1 atom stereocenters. The zero-order valence-corrected chi connectivity index (χ0v) is 19.4. The summed E-state index contributed by atoms with van der Waals surface area (Å²) >= 11 is 5.54. The fourth-order valence-corrected chi connectivity index (χ4v) is 3.71. The van der Waals surface area contributed by atoms with Crippen LogP contribution in [0.25, 0.3) is 17.8 Å². The van der Waals surface area contributed by atoms with Gasteiger partial charge in [-0.25, -0.2) is 14.6 Å². The Bertz CT molecular complexity index is 1230. The number of imidazole rings is 1. The molecule has 0 fully saturated rings. The zero-order valence-electron chi connectivity index (χ0n) is 18.6. The number of hydrogen-bond donors (Lipinski definition) is 1. The van der Waals surface area contributed by atoms with Crippen LogP contribution in [0.1, 0.15) is 41.9 Å². The fourth-order valence-electron chi connectivity index (χ4n) is 3.57. The highest BCUT2D eigenvalue weighted by atomic mass is 35.5. The average Bonchev–Trinajstić information content (AvgIpc) is 3.45. The number of hydrogen-bond acceptors (Lipinski definition) is 5. The van der Waals surface area contributed by atoms with Crippen LogP contribution in [-0.4, -0.2) is 36.5 Å². The Morgan fingerprint density at radius 2 is 1.97 bits per heavy atom. The first kappa shape index (κ1) is 22.8. The lowest BCUT2D eigenvalue weighted by atomic mass is 10.1. The number of fused-ring (bicyclic) bond motifs is 1. The Kier molecular flexibility index (Phi) is 7.22. The average molecular weight is 464 g/mol. The van der Waals surface area contributed by atoms with Crippen molar-refractivity contribution in [3.63, 3.8) is 0 Å². The van der Waals surface area contributed by atoms with Gasteiger partial charge in [0.25, 0.3) is 0 Å². The summed E-state index contributed by atoms with van der Waals surface area (Å²) in [6.45, 7) is 2.76. The monoisotopic (exact) mass is 463 g/mol. The molecule has 0 saturated carbocycles. The third kappa shape index (κ3) is 5.69. The molecule has 0 aliphatic carbocycles. The topological polar surface area (TPSA) is 78.0 Å². The van der Waals surface area contributed by atoms with Gasteiger partial charge < -0.3 is 14.4 Å². The first-order valence-corrected chi connectivity index (χ1v) is 11.1. The molecule has 170 valence electrons. The van der Waals surface area contributed by atoms with E-state index < -0.39 is 6.10 Å². The molecule has 0 spiro atoms. The van der Waals surface area contributed by atoms with Crippen molar-refractivity contribution in [2.45, 2.75) is 32.4 Å². The van der Waals surface area contributed by atoms with Crippen molar-refractivity contribution in [1.29, 1.82) is 0 Å². The molecule has 3 heterocycles. The Morgan fingerprint density at radius 3 is 2.61 bits per heavy atom. The van der Waals surface area contributed by atoms with E-state index in [1.807, 2.05) is 78.4 Å². The molecule has 5 rings (SSSR count).